The van der Waals surface area contributed by atoms with Crippen molar-refractivity contribution in [2.75, 3.05) is 6.61 Å². The van der Waals surface area contributed by atoms with E-state index in [2.05, 4.69) is 0 Å². The van der Waals surface area contributed by atoms with Crippen LogP contribution in [0.15, 0.2) is 60.7 Å². The van der Waals surface area contributed by atoms with Gasteiger partial charge in [-0.05, 0) is 38.3 Å². The summed E-state index contributed by atoms with van der Waals surface area (Å²) < 4.78 is 5.88. The lowest BCUT2D eigenvalue weighted by atomic mass is 9.99. The van der Waals surface area contributed by atoms with Crippen molar-refractivity contribution in [3.63, 3.8) is 0 Å². The van der Waals surface area contributed by atoms with E-state index in [4.69, 9.17) is 4.74 Å². The second kappa shape index (κ2) is 8.67. The summed E-state index contributed by atoms with van der Waals surface area (Å²) in [6, 6.07) is 19.6. The zero-order chi connectivity index (χ0) is 18.3. The van der Waals surface area contributed by atoms with Crippen LogP contribution in [0, 0.1) is 0 Å². The second-order valence-electron chi connectivity index (χ2n) is 7.17. The molecule has 2 aromatic carbocycles. The smallest absolute Gasteiger partial charge is 0.408 e. The first-order valence-corrected chi connectivity index (χ1v) is 8.56. The van der Waals surface area contributed by atoms with Crippen LogP contribution < -0.4 is 0 Å². The van der Waals surface area contributed by atoms with E-state index in [0.717, 1.165) is 11.1 Å². The highest BCUT2D eigenvalue weighted by Crippen LogP contribution is 2.21. The van der Waals surface area contributed by atoms with Gasteiger partial charge in [0.1, 0.15) is 0 Å². The van der Waals surface area contributed by atoms with Gasteiger partial charge in [-0.3, -0.25) is 4.90 Å². The number of hydrogen-bond donors (Lipinski definition) is 1. The van der Waals surface area contributed by atoms with Gasteiger partial charge in [0, 0.05) is 5.54 Å². The fourth-order valence-corrected chi connectivity index (χ4v) is 2.99. The number of amides is 1. The monoisotopic (exact) mass is 341 g/mol. The Kier molecular flexibility index (Phi) is 6.59. The van der Waals surface area contributed by atoms with Crippen LogP contribution in [-0.4, -0.2) is 34.3 Å². The minimum Gasteiger partial charge on any atom is -0.465 e. The maximum Gasteiger partial charge on any atom is 0.408 e. The number of nitrogens with zero attached hydrogens (tertiary/aromatic N) is 1. The third-order valence-electron chi connectivity index (χ3n) is 4.03. The predicted octanol–water partition coefficient (Wildman–Crippen LogP) is 4.59. The Morgan fingerprint density at radius 1 is 1.00 bits per heavy atom. The molecule has 0 aliphatic heterocycles. The lowest BCUT2D eigenvalue weighted by Crippen LogP contribution is -2.53. The van der Waals surface area contributed by atoms with E-state index in [1.54, 1.807) is 0 Å². The molecule has 0 saturated heterocycles. The molecule has 0 bridgehead atoms. The molecule has 134 valence electrons. The van der Waals surface area contributed by atoms with Gasteiger partial charge in [0.25, 0.3) is 0 Å². The Balaban J connectivity index is 2.11. The minimum absolute atomic E-state index is 0.247. The van der Waals surface area contributed by atoms with Gasteiger partial charge in [-0.25, -0.2) is 4.79 Å². The van der Waals surface area contributed by atoms with Crippen molar-refractivity contribution in [2.24, 2.45) is 0 Å². The molecule has 1 amide bonds. The van der Waals surface area contributed by atoms with E-state index in [1.807, 2.05) is 81.4 Å². The molecule has 1 atom stereocenters. The lowest BCUT2D eigenvalue weighted by Gasteiger charge is -2.39. The normalized spacial score (nSPS) is 12.6. The quantitative estimate of drug-likeness (QED) is 0.801. The summed E-state index contributed by atoms with van der Waals surface area (Å²) in [5.41, 5.74) is 1.69. The Morgan fingerprint density at radius 3 is 2.00 bits per heavy atom. The number of benzene rings is 2. The summed E-state index contributed by atoms with van der Waals surface area (Å²) >= 11 is 0. The maximum atomic E-state index is 11.9. The molecule has 0 aliphatic carbocycles. The van der Waals surface area contributed by atoms with Crippen LogP contribution in [0.4, 0.5) is 4.79 Å². The SMILES string of the molecule is CC(C)(C)N(C(=O)O)[C@H](COCc1ccccc1)Cc1ccccc1. The van der Waals surface area contributed by atoms with Gasteiger partial charge in [-0.15, -0.1) is 0 Å². The molecule has 2 rings (SSSR count). The van der Waals surface area contributed by atoms with E-state index in [-0.39, 0.29) is 6.04 Å². The van der Waals surface area contributed by atoms with Crippen molar-refractivity contribution in [2.45, 2.75) is 45.4 Å². The first kappa shape index (κ1) is 19.0. The van der Waals surface area contributed by atoms with Crippen LogP contribution in [0.25, 0.3) is 0 Å². The van der Waals surface area contributed by atoms with E-state index in [0.29, 0.717) is 19.6 Å². The molecule has 0 aliphatic rings. The number of ether oxygens (including phenoxy) is 1. The molecule has 4 heteroatoms. The topological polar surface area (TPSA) is 49.8 Å². The molecule has 0 spiro atoms. The first-order valence-electron chi connectivity index (χ1n) is 8.56. The third-order valence-corrected chi connectivity index (χ3v) is 4.03. The molecule has 0 radical (unpaired) electrons. The van der Waals surface area contributed by atoms with Crippen molar-refractivity contribution in [3.8, 4) is 0 Å². The fourth-order valence-electron chi connectivity index (χ4n) is 2.99. The largest absolute Gasteiger partial charge is 0.465 e. The van der Waals surface area contributed by atoms with Crippen molar-refractivity contribution < 1.29 is 14.6 Å². The minimum atomic E-state index is -0.920. The molecular formula is C21H27NO3. The molecule has 0 saturated carbocycles. The predicted molar refractivity (Wildman–Crippen MR) is 99.6 cm³/mol. The van der Waals surface area contributed by atoms with Gasteiger partial charge in [-0.2, -0.15) is 0 Å². The lowest BCUT2D eigenvalue weighted by molar-refractivity contribution is 0.0153. The summed E-state index contributed by atoms with van der Waals surface area (Å²) in [7, 11) is 0. The molecule has 2 aromatic rings. The van der Waals surface area contributed by atoms with Gasteiger partial charge in [-0.1, -0.05) is 60.7 Å². The number of carboxylic acid groups (broad SMARTS) is 1. The fraction of sp³-hybridized carbons (Fsp3) is 0.381. The molecule has 0 unspecified atom stereocenters. The molecule has 4 nitrogen and oxygen atoms in total. The van der Waals surface area contributed by atoms with Crippen molar-refractivity contribution >= 4 is 6.09 Å². The van der Waals surface area contributed by atoms with Crippen LogP contribution in [0.3, 0.4) is 0 Å². The van der Waals surface area contributed by atoms with Crippen LogP contribution in [0.2, 0.25) is 0 Å². The Morgan fingerprint density at radius 2 is 1.52 bits per heavy atom. The third kappa shape index (κ3) is 5.91. The second-order valence-corrected chi connectivity index (χ2v) is 7.17. The van der Waals surface area contributed by atoms with Crippen molar-refractivity contribution in [1.29, 1.82) is 0 Å². The highest BCUT2D eigenvalue weighted by atomic mass is 16.5. The molecular weight excluding hydrogens is 314 g/mol. The van der Waals surface area contributed by atoms with Crippen molar-refractivity contribution in [3.05, 3.63) is 71.8 Å². The highest BCUT2D eigenvalue weighted by molar-refractivity contribution is 5.66. The van der Waals surface area contributed by atoms with Crippen LogP contribution in [0.5, 0.6) is 0 Å². The molecule has 0 heterocycles. The number of rotatable bonds is 7. The zero-order valence-corrected chi connectivity index (χ0v) is 15.2. The Hall–Kier alpha value is -2.33. The average molecular weight is 341 g/mol. The maximum absolute atomic E-state index is 11.9. The highest BCUT2D eigenvalue weighted by Gasteiger charge is 2.33. The van der Waals surface area contributed by atoms with E-state index < -0.39 is 11.6 Å². The van der Waals surface area contributed by atoms with E-state index in [9.17, 15) is 9.90 Å². The number of hydrogen-bond acceptors (Lipinski definition) is 2. The summed E-state index contributed by atoms with van der Waals surface area (Å²) in [4.78, 5) is 13.4. The summed E-state index contributed by atoms with van der Waals surface area (Å²) in [5, 5.41) is 9.74. The van der Waals surface area contributed by atoms with Gasteiger partial charge in [0.05, 0.1) is 19.3 Å². The zero-order valence-electron chi connectivity index (χ0n) is 15.2. The van der Waals surface area contributed by atoms with E-state index in [1.165, 1.54) is 4.90 Å². The Bertz CT molecular complexity index is 650. The molecule has 25 heavy (non-hydrogen) atoms. The standard InChI is InChI=1S/C21H27NO3/c1-21(2,3)22(20(23)24)19(14-17-10-6-4-7-11-17)16-25-15-18-12-8-5-9-13-18/h4-13,19H,14-16H2,1-3H3,(H,23,24)/t19-/m0/s1. The summed E-state index contributed by atoms with van der Waals surface area (Å²) in [6.45, 7) is 6.57. The molecule has 1 N–H and O–H groups in total. The molecule has 0 fully saturated rings. The summed E-state index contributed by atoms with van der Waals surface area (Å²) in [5.74, 6) is 0. The average Bonchev–Trinajstić information content (AvgIpc) is 2.55. The van der Waals surface area contributed by atoms with Gasteiger partial charge < -0.3 is 9.84 Å². The first-order chi connectivity index (χ1) is 11.9. The van der Waals surface area contributed by atoms with Gasteiger partial charge in [0.15, 0.2) is 0 Å². The van der Waals surface area contributed by atoms with Gasteiger partial charge >= 0.3 is 6.09 Å². The van der Waals surface area contributed by atoms with Crippen LogP contribution >= 0.6 is 0 Å². The van der Waals surface area contributed by atoms with Crippen LogP contribution in [0.1, 0.15) is 31.9 Å². The van der Waals surface area contributed by atoms with E-state index >= 15 is 0 Å². The molecule has 0 aromatic heterocycles. The van der Waals surface area contributed by atoms with Crippen LogP contribution in [-0.2, 0) is 17.8 Å². The summed E-state index contributed by atoms with van der Waals surface area (Å²) in [6.07, 6.45) is -0.295. The Labute approximate surface area is 150 Å². The van der Waals surface area contributed by atoms with Gasteiger partial charge in [0.2, 0.25) is 0 Å². The number of carbonyl (C=O) groups is 1. The van der Waals surface area contributed by atoms with Crippen molar-refractivity contribution in [1.82, 2.24) is 4.90 Å².